The number of hydrogen-bond donors (Lipinski definition) is 0. The molecule has 0 atom stereocenters. The second kappa shape index (κ2) is 7.07. The molecule has 4 aromatic rings. The number of carbonyl (C=O) groups excluding carboxylic acids is 1. The Kier molecular flexibility index (Phi) is 4.31. The zero-order chi connectivity index (χ0) is 17.8. The Morgan fingerprint density at radius 3 is 1.65 bits per heavy atom. The van der Waals surface area contributed by atoms with Crippen LogP contribution in [0.5, 0.6) is 0 Å². The van der Waals surface area contributed by atoms with E-state index in [0.717, 1.165) is 40.2 Å². The molecule has 4 rings (SSSR count). The van der Waals surface area contributed by atoms with Gasteiger partial charge < -0.3 is 0 Å². The summed E-state index contributed by atoms with van der Waals surface area (Å²) in [6, 6.07) is 23.0. The van der Waals surface area contributed by atoms with Crippen LogP contribution in [0.15, 0.2) is 85.2 Å². The monoisotopic (exact) mass is 337 g/mol. The molecule has 0 amide bonds. The van der Waals surface area contributed by atoms with Gasteiger partial charge in [-0.05, 0) is 47.5 Å². The standard InChI is InChI=1S/C22H15N3O/c26-15-16-7-9-17(10-8-16)18-13-21(19-5-1-3-11-23-19)25-22(14-18)20-6-2-4-12-24-20/h1-15H. The van der Waals surface area contributed by atoms with E-state index in [0.29, 0.717) is 5.56 Å². The maximum absolute atomic E-state index is 10.9. The number of pyridine rings is 3. The third-order valence-electron chi connectivity index (χ3n) is 4.06. The molecule has 3 heterocycles. The molecule has 1 aromatic carbocycles. The van der Waals surface area contributed by atoms with Crippen LogP contribution in [0.4, 0.5) is 0 Å². The van der Waals surface area contributed by atoms with E-state index in [4.69, 9.17) is 4.98 Å². The molecule has 0 unspecified atom stereocenters. The van der Waals surface area contributed by atoms with Crippen molar-refractivity contribution in [2.24, 2.45) is 0 Å². The first kappa shape index (κ1) is 15.8. The van der Waals surface area contributed by atoms with E-state index in [1.165, 1.54) is 0 Å². The van der Waals surface area contributed by atoms with Crippen molar-refractivity contribution in [1.82, 2.24) is 15.0 Å². The highest BCUT2D eigenvalue weighted by atomic mass is 16.1. The number of nitrogens with zero attached hydrogens (tertiary/aromatic N) is 3. The van der Waals surface area contributed by atoms with Crippen molar-refractivity contribution in [3.63, 3.8) is 0 Å². The van der Waals surface area contributed by atoms with Crippen LogP contribution in [0, 0.1) is 0 Å². The first-order valence-electron chi connectivity index (χ1n) is 8.24. The van der Waals surface area contributed by atoms with Gasteiger partial charge in [0, 0.05) is 18.0 Å². The van der Waals surface area contributed by atoms with Gasteiger partial charge in [-0.3, -0.25) is 14.8 Å². The van der Waals surface area contributed by atoms with Crippen LogP contribution in [-0.4, -0.2) is 21.2 Å². The van der Waals surface area contributed by atoms with Gasteiger partial charge in [-0.2, -0.15) is 0 Å². The lowest BCUT2D eigenvalue weighted by Crippen LogP contribution is -1.94. The molecule has 0 bridgehead atoms. The van der Waals surface area contributed by atoms with Gasteiger partial charge >= 0.3 is 0 Å². The molecule has 26 heavy (non-hydrogen) atoms. The van der Waals surface area contributed by atoms with Crippen molar-refractivity contribution in [2.45, 2.75) is 0 Å². The summed E-state index contributed by atoms with van der Waals surface area (Å²) in [5, 5.41) is 0. The molecule has 0 fully saturated rings. The summed E-state index contributed by atoms with van der Waals surface area (Å²) in [5.74, 6) is 0. The van der Waals surface area contributed by atoms with Crippen LogP contribution in [0.1, 0.15) is 10.4 Å². The Labute approximate surface area is 151 Å². The fourth-order valence-corrected chi connectivity index (χ4v) is 2.74. The molecule has 0 spiro atoms. The maximum Gasteiger partial charge on any atom is 0.150 e. The minimum Gasteiger partial charge on any atom is -0.298 e. The van der Waals surface area contributed by atoms with Gasteiger partial charge in [-0.1, -0.05) is 36.4 Å². The summed E-state index contributed by atoms with van der Waals surface area (Å²) in [5.41, 5.74) is 5.82. The first-order chi connectivity index (χ1) is 12.8. The van der Waals surface area contributed by atoms with E-state index in [-0.39, 0.29) is 0 Å². The molecule has 4 heteroatoms. The molecule has 3 aromatic heterocycles. The highest BCUT2D eigenvalue weighted by Crippen LogP contribution is 2.28. The number of benzene rings is 1. The number of aromatic nitrogens is 3. The minimum absolute atomic E-state index is 0.651. The Hall–Kier alpha value is -3.66. The third-order valence-corrected chi connectivity index (χ3v) is 4.06. The van der Waals surface area contributed by atoms with Crippen LogP contribution in [0.2, 0.25) is 0 Å². The Morgan fingerprint density at radius 1 is 0.615 bits per heavy atom. The van der Waals surface area contributed by atoms with Crippen LogP contribution >= 0.6 is 0 Å². The third kappa shape index (κ3) is 3.26. The zero-order valence-corrected chi connectivity index (χ0v) is 13.9. The zero-order valence-electron chi connectivity index (χ0n) is 13.9. The molecular formula is C22H15N3O. The van der Waals surface area contributed by atoms with Gasteiger partial charge in [-0.25, -0.2) is 4.98 Å². The summed E-state index contributed by atoms with van der Waals surface area (Å²) in [7, 11) is 0. The van der Waals surface area contributed by atoms with Gasteiger partial charge in [0.15, 0.2) is 0 Å². The molecule has 0 aliphatic rings. The van der Waals surface area contributed by atoms with E-state index in [2.05, 4.69) is 9.97 Å². The van der Waals surface area contributed by atoms with Crippen LogP contribution < -0.4 is 0 Å². The van der Waals surface area contributed by atoms with Crippen molar-refractivity contribution in [3.8, 4) is 33.9 Å². The van der Waals surface area contributed by atoms with E-state index in [9.17, 15) is 4.79 Å². The minimum atomic E-state index is 0.651. The SMILES string of the molecule is O=Cc1ccc(-c2cc(-c3ccccn3)nc(-c3ccccn3)c2)cc1. The van der Waals surface area contributed by atoms with Gasteiger partial charge in [0.1, 0.15) is 6.29 Å². The molecule has 4 nitrogen and oxygen atoms in total. The van der Waals surface area contributed by atoms with Crippen molar-refractivity contribution in [3.05, 3.63) is 90.8 Å². The molecule has 0 aliphatic carbocycles. The normalized spacial score (nSPS) is 10.5. The second-order valence-electron chi connectivity index (χ2n) is 5.80. The van der Waals surface area contributed by atoms with E-state index in [1.807, 2.05) is 72.8 Å². The van der Waals surface area contributed by atoms with Crippen LogP contribution in [0.3, 0.4) is 0 Å². The average molecular weight is 337 g/mol. The maximum atomic E-state index is 10.9. The van der Waals surface area contributed by atoms with E-state index < -0.39 is 0 Å². The largest absolute Gasteiger partial charge is 0.298 e. The summed E-state index contributed by atoms with van der Waals surface area (Å²) in [6.45, 7) is 0. The van der Waals surface area contributed by atoms with Gasteiger partial charge in [0.25, 0.3) is 0 Å². The van der Waals surface area contributed by atoms with Crippen molar-refractivity contribution < 1.29 is 4.79 Å². The van der Waals surface area contributed by atoms with Crippen molar-refractivity contribution >= 4 is 6.29 Å². The molecule has 0 saturated heterocycles. The highest BCUT2D eigenvalue weighted by Gasteiger charge is 2.10. The van der Waals surface area contributed by atoms with Crippen molar-refractivity contribution in [1.29, 1.82) is 0 Å². The number of hydrogen-bond acceptors (Lipinski definition) is 4. The molecule has 0 saturated carbocycles. The second-order valence-corrected chi connectivity index (χ2v) is 5.80. The van der Waals surface area contributed by atoms with Gasteiger partial charge in [0.05, 0.1) is 22.8 Å². The predicted molar refractivity (Wildman–Crippen MR) is 102 cm³/mol. The molecule has 0 radical (unpaired) electrons. The number of aldehydes is 1. The first-order valence-corrected chi connectivity index (χ1v) is 8.24. The Morgan fingerprint density at radius 2 is 1.19 bits per heavy atom. The van der Waals surface area contributed by atoms with Gasteiger partial charge in [-0.15, -0.1) is 0 Å². The molecule has 0 N–H and O–H groups in total. The molecule has 124 valence electrons. The van der Waals surface area contributed by atoms with Crippen molar-refractivity contribution in [2.75, 3.05) is 0 Å². The van der Waals surface area contributed by atoms with Crippen LogP contribution in [-0.2, 0) is 0 Å². The fourth-order valence-electron chi connectivity index (χ4n) is 2.74. The summed E-state index contributed by atoms with van der Waals surface area (Å²) in [4.78, 5) is 24.5. The molecular weight excluding hydrogens is 322 g/mol. The topological polar surface area (TPSA) is 55.7 Å². The predicted octanol–water partition coefficient (Wildman–Crippen LogP) is 4.69. The number of rotatable bonds is 4. The summed E-state index contributed by atoms with van der Waals surface area (Å²) >= 11 is 0. The fraction of sp³-hybridized carbons (Fsp3) is 0. The van der Waals surface area contributed by atoms with Crippen LogP contribution in [0.25, 0.3) is 33.9 Å². The smallest absolute Gasteiger partial charge is 0.150 e. The lowest BCUT2D eigenvalue weighted by atomic mass is 10.0. The van der Waals surface area contributed by atoms with Gasteiger partial charge in [0.2, 0.25) is 0 Å². The Bertz CT molecular complexity index is 972. The Balaban J connectivity index is 1.88. The van der Waals surface area contributed by atoms with E-state index in [1.54, 1.807) is 12.4 Å². The summed E-state index contributed by atoms with van der Waals surface area (Å²) in [6.07, 6.45) is 4.35. The average Bonchev–Trinajstić information content (AvgIpc) is 2.75. The van der Waals surface area contributed by atoms with E-state index >= 15 is 0 Å². The summed E-state index contributed by atoms with van der Waals surface area (Å²) < 4.78 is 0. The lowest BCUT2D eigenvalue weighted by molar-refractivity contribution is 0.112. The highest BCUT2D eigenvalue weighted by molar-refractivity contribution is 5.79. The number of carbonyl (C=O) groups is 1. The lowest BCUT2D eigenvalue weighted by Gasteiger charge is -2.09. The quantitative estimate of drug-likeness (QED) is 0.507. The molecule has 0 aliphatic heterocycles.